The molecule has 0 aliphatic rings. The predicted octanol–water partition coefficient (Wildman–Crippen LogP) is 2.77. The van der Waals surface area contributed by atoms with Crippen LogP contribution >= 0.6 is 0 Å². The number of pyridine rings is 1. The molecule has 1 amide bonds. The number of benzene rings is 2. The molecule has 2 aromatic carbocycles. The number of aryl methyl sites for hydroxylation is 3. The minimum absolute atomic E-state index is 0.213. The standard InChI is InChI=1S/C25H24N4O3/c1-15-10-11-18(12-16(15)2)21(17-8-6-5-7-9-17)27-23(30)19-13-20-22(26-14-19)28(3)25(32)29(4)24(20)31/h5-14,21H,1-4H3,(H,27,30)/t21-/m0/s1. The van der Waals surface area contributed by atoms with Crippen LogP contribution in [0.25, 0.3) is 11.0 Å². The molecular formula is C25H24N4O3. The molecule has 0 bridgehead atoms. The Morgan fingerprint density at radius 1 is 0.906 bits per heavy atom. The summed E-state index contributed by atoms with van der Waals surface area (Å²) in [7, 11) is 2.95. The zero-order valence-corrected chi connectivity index (χ0v) is 18.4. The Hall–Kier alpha value is -4.00. The minimum Gasteiger partial charge on any atom is -0.341 e. The number of hydrogen-bond donors (Lipinski definition) is 1. The van der Waals surface area contributed by atoms with Crippen LogP contribution in [0.15, 0.2) is 70.4 Å². The quantitative estimate of drug-likeness (QED) is 0.542. The van der Waals surface area contributed by atoms with Gasteiger partial charge in [-0.3, -0.25) is 18.7 Å². The summed E-state index contributed by atoms with van der Waals surface area (Å²) in [6.45, 7) is 4.08. The van der Waals surface area contributed by atoms with Crippen LogP contribution in [-0.4, -0.2) is 20.0 Å². The van der Waals surface area contributed by atoms with E-state index in [0.29, 0.717) is 0 Å². The highest BCUT2D eigenvalue weighted by Gasteiger charge is 2.20. The van der Waals surface area contributed by atoms with Gasteiger partial charge in [-0.25, -0.2) is 9.78 Å². The van der Waals surface area contributed by atoms with Gasteiger partial charge in [0.2, 0.25) is 0 Å². The van der Waals surface area contributed by atoms with E-state index in [0.717, 1.165) is 21.3 Å². The normalized spacial score (nSPS) is 12.0. The minimum atomic E-state index is -0.487. The van der Waals surface area contributed by atoms with Crippen LogP contribution in [0, 0.1) is 13.8 Å². The van der Waals surface area contributed by atoms with E-state index in [1.165, 1.54) is 29.4 Å². The third-order valence-corrected chi connectivity index (χ3v) is 5.83. The Morgan fingerprint density at radius 3 is 2.31 bits per heavy atom. The summed E-state index contributed by atoms with van der Waals surface area (Å²) in [6, 6.07) is 16.9. The molecule has 2 heterocycles. The van der Waals surface area contributed by atoms with E-state index >= 15 is 0 Å². The molecule has 4 rings (SSSR count). The lowest BCUT2D eigenvalue weighted by molar-refractivity contribution is 0.0942. The number of amides is 1. The summed E-state index contributed by atoms with van der Waals surface area (Å²) in [5, 5.41) is 3.29. The van der Waals surface area contributed by atoms with Crippen LogP contribution < -0.4 is 16.6 Å². The summed E-state index contributed by atoms with van der Waals surface area (Å²) in [4.78, 5) is 42.2. The first kappa shape index (κ1) is 21.2. The van der Waals surface area contributed by atoms with Crippen molar-refractivity contribution >= 4 is 16.9 Å². The van der Waals surface area contributed by atoms with Gasteiger partial charge in [0.1, 0.15) is 5.65 Å². The van der Waals surface area contributed by atoms with E-state index in [1.54, 1.807) is 7.05 Å². The average molecular weight is 428 g/mol. The number of fused-ring (bicyclic) bond motifs is 1. The fraction of sp³-hybridized carbons (Fsp3) is 0.200. The molecule has 0 fully saturated rings. The molecule has 2 aromatic heterocycles. The molecule has 0 unspecified atom stereocenters. The Bertz CT molecular complexity index is 1450. The lowest BCUT2D eigenvalue weighted by Gasteiger charge is -2.21. The molecule has 0 aliphatic heterocycles. The van der Waals surface area contributed by atoms with Gasteiger partial charge in [0.05, 0.1) is 17.0 Å². The maximum atomic E-state index is 13.2. The Morgan fingerprint density at radius 2 is 1.62 bits per heavy atom. The largest absolute Gasteiger partial charge is 0.341 e. The fourth-order valence-electron chi connectivity index (χ4n) is 3.75. The number of hydrogen-bond acceptors (Lipinski definition) is 4. The topological polar surface area (TPSA) is 86.0 Å². The number of carbonyl (C=O) groups excluding carboxylic acids is 1. The Kier molecular flexibility index (Phi) is 5.48. The first-order valence-corrected chi connectivity index (χ1v) is 10.3. The van der Waals surface area contributed by atoms with Gasteiger partial charge in [-0.15, -0.1) is 0 Å². The van der Waals surface area contributed by atoms with Gasteiger partial charge in [0.15, 0.2) is 0 Å². The van der Waals surface area contributed by atoms with Gasteiger partial charge in [-0.05, 0) is 42.2 Å². The molecule has 7 heteroatoms. The van der Waals surface area contributed by atoms with E-state index < -0.39 is 11.2 Å². The van der Waals surface area contributed by atoms with Gasteiger partial charge >= 0.3 is 5.69 Å². The van der Waals surface area contributed by atoms with E-state index in [4.69, 9.17) is 0 Å². The monoisotopic (exact) mass is 428 g/mol. The zero-order valence-electron chi connectivity index (χ0n) is 18.4. The highest BCUT2D eigenvalue weighted by atomic mass is 16.2. The summed E-state index contributed by atoms with van der Waals surface area (Å²) < 4.78 is 2.30. The van der Waals surface area contributed by atoms with Crippen molar-refractivity contribution in [3.63, 3.8) is 0 Å². The van der Waals surface area contributed by atoms with Crippen molar-refractivity contribution in [3.8, 4) is 0 Å². The number of rotatable bonds is 4. The third kappa shape index (κ3) is 3.73. The fourth-order valence-corrected chi connectivity index (χ4v) is 3.75. The van der Waals surface area contributed by atoms with Crippen LogP contribution in [0.1, 0.15) is 38.7 Å². The maximum Gasteiger partial charge on any atom is 0.332 e. The number of aromatic nitrogens is 3. The highest BCUT2D eigenvalue weighted by Crippen LogP contribution is 2.24. The molecule has 0 saturated carbocycles. The second kappa shape index (κ2) is 8.26. The van der Waals surface area contributed by atoms with Gasteiger partial charge < -0.3 is 5.32 Å². The van der Waals surface area contributed by atoms with E-state index in [-0.39, 0.29) is 28.5 Å². The third-order valence-electron chi connectivity index (χ3n) is 5.83. The van der Waals surface area contributed by atoms with E-state index in [1.807, 2.05) is 56.3 Å². The lowest BCUT2D eigenvalue weighted by atomic mass is 9.95. The van der Waals surface area contributed by atoms with Crippen LogP contribution in [0.3, 0.4) is 0 Å². The van der Waals surface area contributed by atoms with Gasteiger partial charge in [0, 0.05) is 20.3 Å². The molecule has 7 nitrogen and oxygen atoms in total. The maximum absolute atomic E-state index is 13.2. The summed E-state index contributed by atoms with van der Waals surface area (Å²) in [5.41, 5.74) is 3.74. The van der Waals surface area contributed by atoms with Crippen molar-refractivity contribution in [1.82, 2.24) is 19.4 Å². The zero-order chi connectivity index (χ0) is 23.0. The van der Waals surface area contributed by atoms with Gasteiger partial charge in [0.25, 0.3) is 11.5 Å². The summed E-state index contributed by atoms with van der Waals surface area (Å²) in [6.07, 6.45) is 1.39. The van der Waals surface area contributed by atoms with Gasteiger partial charge in [-0.2, -0.15) is 0 Å². The molecular weight excluding hydrogens is 404 g/mol. The predicted molar refractivity (Wildman–Crippen MR) is 124 cm³/mol. The first-order valence-electron chi connectivity index (χ1n) is 10.3. The van der Waals surface area contributed by atoms with Crippen molar-refractivity contribution < 1.29 is 4.79 Å². The summed E-state index contributed by atoms with van der Waals surface area (Å²) in [5.74, 6) is -0.359. The molecule has 4 aromatic rings. The van der Waals surface area contributed by atoms with Crippen molar-refractivity contribution in [2.24, 2.45) is 14.1 Å². The molecule has 1 atom stereocenters. The van der Waals surface area contributed by atoms with Crippen LogP contribution in [-0.2, 0) is 14.1 Å². The second-order valence-corrected chi connectivity index (χ2v) is 7.96. The molecule has 0 aliphatic carbocycles. The average Bonchev–Trinajstić information content (AvgIpc) is 2.81. The Balaban J connectivity index is 1.77. The lowest BCUT2D eigenvalue weighted by Crippen LogP contribution is -2.37. The number of nitrogens with zero attached hydrogens (tertiary/aromatic N) is 3. The van der Waals surface area contributed by atoms with Crippen molar-refractivity contribution in [2.45, 2.75) is 19.9 Å². The molecule has 32 heavy (non-hydrogen) atoms. The van der Waals surface area contributed by atoms with Crippen LogP contribution in [0.4, 0.5) is 0 Å². The smallest absolute Gasteiger partial charge is 0.332 e. The van der Waals surface area contributed by atoms with Crippen molar-refractivity contribution in [2.75, 3.05) is 0 Å². The summed E-state index contributed by atoms with van der Waals surface area (Å²) >= 11 is 0. The van der Waals surface area contributed by atoms with Crippen LogP contribution in [0.5, 0.6) is 0 Å². The highest BCUT2D eigenvalue weighted by molar-refractivity contribution is 5.97. The van der Waals surface area contributed by atoms with Crippen LogP contribution in [0.2, 0.25) is 0 Å². The van der Waals surface area contributed by atoms with E-state index in [2.05, 4.69) is 16.4 Å². The van der Waals surface area contributed by atoms with Crippen molar-refractivity contribution in [3.05, 3.63) is 109 Å². The first-order chi connectivity index (χ1) is 15.3. The SMILES string of the molecule is Cc1ccc([C@@H](NC(=O)c2cnc3c(c2)c(=O)n(C)c(=O)n3C)c2ccccc2)cc1C. The second-order valence-electron chi connectivity index (χ2n) is 7.96. The van der Waals surface area contributed by atoms with E-state index in [9.17, 15) is 14.4 Å². The molecule has 0 saturated heterocycles. The number of carbonyl (C=O) groups is 1. The molecule has 0 spiro atoms. The number of nitrogens with one attached hydrogen (secondary N) is 1. The molecule has 162 valence electrons. The van der Waals surface area contributed by atoms with Crippen molar-refractivity contribution in [1.29, 1.82) is 0 Å². The Labute approximate surface area is 185 Å². The van der Waals surface area contributed by atoms with Gasteiger partial charge in [-0.1, -0.05) is 48.5 Å². The molecule has 1 N–H and O–H groups in total. The molecule has 0 radical (unpaired) electrons.